The fourth-order valence-corrected chi connectivity index (χ4v) is 16.4. The van der Waals surface area contributed by atoms with Gasteiger partial charge in [-0.05, 0) is 196 Å². The summed E-state index contributed by atoms with van der Waals surface area (Å²) >= 11 is 3.71. The summed E-state index contributed by atoms with van der Waals surface area (Å²) in [5.41, 5.74) is 24.4. The summed E-state index contributed by atoms with van der Waals surface area (Å²) in [6.45, 7) is 5.19. The van der Waals surface area contributed by atoms with Crippen molar-refractivity contribution < 1.29 is 8.83 Å². The van der Waals surface area contributed by atoms with Gasteiger partial charge in [-0.3, -0.25) is 0 Å². The number of fused-ring (bicyclic) bond motifs is 12. The van der Waals surface area contributed by atoms with Crippen LogP contribution in [-0.4, -0.2) is 0 Å². The van der Waals surface area contributed by atoms with Crippen LogP contribution in [0.25, 0.3) is 140 Å². The lowest BCUT2D eigenvalue weighted by Crippen LogP contribution is -2.18. The van der Waals surface area contributed by atoms with Gasteiger partial charge >= 0.3 is 0 Å². The quantitative estimate of drug-likeness (QED) is 0.122. The summed E-state index contributed by atoms with van der Waals surface area (Å²) < 4.78 is 17.6. The predicted octanol–water partition coefficient (Wildman–Crippen LogP) is 26.0. The molecule has 4 nitrogen and oxygen atoms in total. The van der Waals surface area contributed by atoms with Crippen molar-refractivity contribution in [1.29, 1.82) is 0 Å². The number of rotatable bonds is 12. The van der Waals surface area contributed by atoms with Crippen LogP contribution >= 0.6 is 22.7 Å². The van der Waals surface area contributed by atoms with Crippen molar-refractivity contribution >= 4 is 135 Å². The number of thiophene rings is 2. The minimum Gasteiger partial charge on any atom is -0.456 e. The van der Waals surface area contributed by atoms with Gasteiger partial charge in [0.15, 0.2) is 0 Å². The van der Waals surface area contributed by atoms with Gasteiger partial charge < -0.3 is 18.6 Å². The molecule has 18 rings (SSSR count). The minimum atomic E-state index is 0.660. The first-order valence-electron chi connectivity index (χ1n) is 31.7. The molecule has 0 radical (unpaired) electrons. The van der Waals surface area contributed by atoms with Gasteiger partial charge in [0.25, 0.3) is 0 Å². The van der Waals surface area contributed by atoms with E-state index < -0.39 is 0 Å². The third kappa shape index (κ3) is 9.56. The van der Waals surface area contributed by atoms with Crippen LogP contribution in [0.2, 0.25) is 0 Å². The highest BCUT2D eigenvalue weighted by Crippen LogP contribution is 2.47. The van der Waals surface area contributed by atoms with Crippen LogP contribution in [0.1, 0.15) is 16.7 Å². The molecule has 0 aliphatic carbocycles. The van der Waals surface area contributed by atoms with Crippen LogP contribution in [0.4, 0.5) is 28.4 Å². The molecule has 6 heteroatoms. The van der Waals surface area contributed by atoms with E-state index in [4.69, 9.17) is 8.83 Å². The molecule has 0 N–H and O–H groups in total. The second kappa shape index (κ2) is 22.3. The number of para-hydroxylation sites is 4. The first kappa shape index (κ1) is 54.6. The van der Waals surface area contributed by atoms with Crippen molar-refractivity contribution in [3.8, 4) is 55.6 Å². The summed E-state index contributed by atoms with van der Waals surface area (Å²) in [7, 11) is 0. The summed E-state index contributed by atoms with van der Waals surface area (Å²) in [4.78, 5) is 4.98. The standard InChI is InChI=1S/C87H58N2O2S2/c1-54-47-59(33-41-76(54)88(78-21-9-3-15-66(78)63-37-45-86-74(51-63)70-19-7-13-25-84(70)92-86)53-56-27-29-57(30-28-56)61-35-43-82-72(49-61)68-17-5-11-23-80(68)90-82)60-34-42-77(55(2)48-60)89(65-39-31-58(32-40-65)62-36-44-83-73(50-62)69-18-6-12-24-81(69)91-83)79-22-10-4-16-67(79)64-38-46-87-75(52-64)71-20-8-14-26-85(71)93-87/h3-52H,53H2,1-2H3. The van der Waals surface area contributed by atoms with Gasteiger partial charge in [-0.15, -0.1) is 22.7 Å². The highest BCUT2D eigenvalue weighted by atomic mass is 32.1. The van der Waals surface area contributed by atoms with Gasteiger partial charge in [0, 0.05) is 102 Å². The van der Waals surface area contributed by atoms with Crippen LogP contribution in [0.3, 0.4) is 0 Å². The third-order valence-electron chi connectivity index (χ3n) is 18.8. The average Bonchev–Trinajstić information content (AvgIpc) is 1.55. The number of benzene rings is 14. The second-order valence-electron chi connectivity index (χ2n) is 24.4. The lowest BCUT2D eigenvalue weighted by atomic mass is 9.96. The number of furan rings is 2. The lowest BCUT2D eigenvalue weighted by molar-refractivity contribution is 0.668. The van der Waals surface area contributed by atoms with Gasteiger partial charge in [0.1, 0.15) is 22.3 Å². The Balaban J connectivity index is 0.722. The van der Waals surface area contributed by atoms with Crippen molar-refractivity contribution in [3.05, 3.63) is 320 Å². The maximum atomic E-state index is 6.24. The van der Waals surface area contributed by atoms with E-state index in [0.29, 0.717) is 6.54 Å². The van der Waals surface area contributed by atoms with E-state index in [9.17, 15) is 0 Å². The summed E-state index contributed by atoms with van der Waals surface area (Å²) in [5.74, 6) is 0. The van der Waals surface area contributed by atoms with Gasteiger partial charge in [0.2, 0.25) is 0 Å². The number of nitrogens with zero attached hydrogens (tertiary/aromatic N) is 2. The van der Waals surface area contributed by atoms with Crippen molar-refractivity contribution in [2.24, 2.45) is 0 Å². The lowest BCUT2D eigenvalue weighted by Gasteiger charge is -2.30. The van der Waals surface area contributed by atoms with Gasteiger partial charge in [-0.2, -0.15) is 0 Å². The highest BCUT2D eigenvalue weighted by molar-refractivity contribution is 7.26. The molecule has 0 aliphatic rings. The Morgan fingerprint density at radius 2 is 0.656 bits per heavy atom. The zero-order valence-electron chi connectivity index (χ0n) is 51.1. The van der Waals surface area contributed by atoms with Gasteiger partial charge in [-0.25, -0.2) is 0 Å². The van der Waals surface area contributed by atoms with E-state index in [1.807, 2.05) is 46.9 Å². The molecule has 0 saturated heterocycles. The van der Waals surface area contributed by atoms with Crippen LogP contribution in [0.5, 0.6) is 0 Å². The molecule has 0 bridgehead atoms. The zero-order valence-corrected chi connectivity index (χ0v) is 52.7. The van der Waals surface area contributed by atoms with Crippen LogP contribution in [0, 0.1) is 13.8 Å². The van der Waals surface area contributed by atoms with E-state index in [2.05, 4.69) is 303 Å². The number of hydrogen-bond donors (Lipinski definition) is 0. The van der Waals surface area contributed by atoms with E-state index >= 15 is 0 Å². The zero-order chi connectivity index (χ0) is 61.7. The fraction of sp³-hybridized carbons (Fsp3) is 0.0345. The average molecular weight is 1230 g/mol. The fourth-order valence-electron chi connectivity index (χ4n) is 14.2. The van der Waals surface area contributed by atoms with Crippen molar-refractivity contribution in [2.45, 2.75) is 20.4 Å². The van der Waals surface area contributed by atoms with E-state index in [1.165, 1.54) is 73.7 Å². The van der Waals surface area contributed by atoms with Crippen LogP contribution < -0.4 is 9.80 Å². The summed E-state index contributed by atoms with van der Waals surface area (Å²) in [6, 6.07) is 111. The maximum absolute atomic E-state index is 6.24. The number of hydrogen-bond acceptors (Lipinski definition) is 6. The van der Waals surface area contributed by atoms with E-state index in [1.54, 1.807) is 0 Å². The Bertz CT molecular complexity index is 5960. The smallest absolute Gasteiger partial charge is 0.135 e. The van der Waals surface area contributed by atoms with Gasteiger partial charge in [-0.1, -0.05) is 182 Å². The second-order valence-corrected chi connectivity index (χ2v) is 26.6. The van der Waals surface area contributed by atoms with E-state index in [0.717, 1.165) is 111 Å². The Labute approximate surface area is 546 Å². The normalized spacial score (nSPS) is 11.8. The maximum Gasteiger partial charge on any atom is 0.135 e. The Morgan fingerprint density at radius 3 is 1.20 bits per heavy atom. The molecule has 14 aromatic carbocycles. The van der Waals surface area contributed by atoms with Crippen molar-refractivity contribution in [2.75, 3.05) is 9.80 Å². The molecule has 0 saturated carbocycles. The summed E-state index contributed by atoms with van der Waals surface area (Å²) in [6.07, 6.45) is 0. The SMILES string of the molecule is Cc1cc(-c2ccc(N(c3ccc(-c4ccc5oc6ccccc6c5c4)cc3)c3ccccc3-c3ccc4sc5ccccc5c4c3)c(C)c2)ccc1N(Cc1ccc(-c2ccc3oc4ccccc4c3c2)cc1)c1ccccc1-c1ccc2sc3ccccc3c2c1. The molecule has 0 aliphatic heterocycles. The molecule has 93 heavy (non-hydrogen) atoms. The Morgan fingerprint density at radius 1 is 0.269 bits per heavy atom. The molecule has 4 heterocycles. The first-order valence-corrected chi connectivity index (χ1v) is 33.3. The molecule has 0 spiro atoms. The Hall–Kier alpha value is -11.3. The molecular weight excluding hydrogens is 1170 g/mol. The number of aryl methyl sites for hydroxylation is 2. The first-order chi connectivity index (χ1) is 45.9. The minimum absolute atomic E-state index is 0.660. The van der Waals surface area contributed by atoms with E-state index in [-0.39, 0.29) is 0 Å². The highest BCUT2D eigenvalue weighted by Gasteiger charge is 2.23. The van der Waals surface area contributed by atoms with Crippen molar-refractivity contribution in [1.82, 2.24) is 0 Å². The molecular formula is C87H58N2O2S2. The topological polar surface area (TPSA) is 32.8 Å². The molecule has 0 atom stereocenters. The van der Waals surface area contributed by atoms with Crippen LogP contribution in [-0.2, 0) is 6.54 Å². The largest absolute Gasteiger partial charge is 0.456 e. The number of anilines is 5. The molecule has 18 aromatic rings. The van der Waals surface area contributed by atoms with Crippen molar-refractivity contribution in [3.63, 3.8) is 0 Å². The molecule has 440 valence electrons. The third-order valence-corrected chi connectivity index (χ3v) is 21.1. The molecule has 0 unspecified atom stereocenters. The van der Waals surface area contributed by atoms with Gasteiger partial charge in [0.05, 0.1) is 5.69 Å². The molecule has 4 aromatic heterocycles. The Kier molecular flexibility index (Phi) is 13.1. The molecule has 0 amide bonds. The summed E-state index contributed by atoms with van der Waals surface area (Å²) in [5, 5.41) is 9.67. The van der Waals surface area contributed by atoms with Crippen LogP contribution in [0.15, 0.2) is 312 Å². The molecule has 0 fully saturated rings. The monoisotopic (exact) mass is 1230 g/mol. The predicted molar refractivity (Wildman–Crippen MR) is 397 cm³/mol.